The van der Waals surface area contributed by atoms with Crippen LogP contribution in [0.4, 0.5) is 10.5 Å². The highest BCUT2D eigenvalue weighted by Crippen LogP contribution is 2.39. The van der Waals surface area contributed by atoms with Crippen LogP contribution in [0.5, 0.6) is 11.5 Å². The van der Waals surface area contributed by atoms with Crippen molar-refractivity contribution in [2.24, 2.45) is 0 Å². The Morgan fingerprint density at radius 3 is 2.58 bits per heavy atom. The number of carbonyl (C=O) groups excluding carboxylic acids is 2. The second-order valence-electron chi connectivity index (χ2n) is 6.33. The molecule has 0 aromatic heterocycles. The van der Waals surface area contributed by atoms with Gasteiger partial charge >= 0.3 is 0 Å². The van der Waals surface area contributed by atoms with Gasteiger partial charge in [-0.3, -0.25) is 24.6 Å². The topological polar surface area (TPSA) is 99.0 Å². The molecule has 2 amide bonds. The summed E-state index contributed by atoms with van der Waals surface area (Å²) in [5, 5.41) is 10.6. The maximum absolute atomic E-state index is 12.4. The number of hydrogen-bond donors (Lipinski definition) is 0. The smallest absolute Gasteiger partial charge is 0.293 e. The van der Waals surface area contributed by atoms with Crippen LogP contribution in [0.25, 0.3) is 6.08 Å². The van der Waals surface area contributed by atoms with E-state index in [0.717, 1.165) is 16.7 Å². The summed E-state index contributed by atoms with van der Waals surface area (Å²) in [6, 6.07) is 9.19. The first-order chi connectivity index (χ1) is 14.8. The average molecular weight is 461 g/mol. The molecular weight excluding hydrogens is 444 g/mol. The van der Waals surface area contributed by atoms with Crippen LogP contribution in [0.2, 0.25) is 5.02 Å². The third-order valence-electron chi connectivity index (χ3n) is 4.27. The van der Waals surface area contributed by atoms with Crippen molar-refractivity contribution in [3.05, 3.63) is 80.2 Å². The highest BCUT2D eigenvalue weighted by atomic mass is 35.5. The van der Waals surface area contributed by atoms with Gasteiger partial charge in [-0.2, -0.15) is 0 Å². The fourth-order valence-electron chi connectivity index (χ4n) is 2.77. The Hall–Kier alpha value is -3.30. The second kappa shape index (κ2) is 9.67. The summed E-state index contributed by atoms with van der Waals surface area (Å²) in [5.74, 6) is 0.230. The lowest BCUT2D eigenvalue weighted by atomic mass is 10.1. The maximum atomic E-state index is 12.4. The molecule has 8 nitrogen and oxygen atoms in total. The van der Waals surface area contributed by atoms with E-state index in [-0.39, 0.29) is 34.0 Å². The minimum absolute atomic E-state index is 0.0128. The van der Waals surface area contributed by atoms with E-state index >= 15 is 0 Å². The molecule has 10 heteroatoms. The molecule has 2 aromatic carbocycles. The maximum Gasteiger partial charge on any atom is 0.293 e. The zero-order chi connectivity index (χ0) is 22.5. The van der Waals surface area contributed by atoms with Gasteiger partial charge in [0.25, 0.3) is 16.8 Å². The molecule has 1 fully saturated rings. The minimum atomic E-state index is -0.477. The Kier molecular flexibility index (Phi) is 6.98. The molecule has 0 radical (unpaired) electrons. The lowest BCUT2D eigenvalue weighted by Crippen LogP contribution is -2.27. The lowest BCUT2D eigenvalue weighted by Gasteiger charge is -2.13. The van der Waals surface area contributed by atoms with Crippen molar-refractivity contribution >= 4 is 46.3 Å². The van der Waals surface area contributed by atoms with E-state index in [1.807, 2.05) is 0 Å². The molecule has 1 saturated heterocycles. The fraction of sp³-hybridized carbons (Fsp3) is 0.143. The Morgan fingerprint density at radius 1 is 1.26 bits per heavy atom. The summed E-state index contributed by atoms with van der Waals surface area (Å²) in [7, 11) is 1.45. The second-order valence-corrected chi connectivity index (χ2v) is 7.73. The van der Waals surface area contributed by atoms with Crippen molar-refractivity contribution in [2.75, 3.05) is 13.7 Å². The zero-order valence-corrected chi connectivity index (χ0v) is 17.9. The number of benzene rings is 2. The van der Waals surface area contributed by atoms with Gasteiger partial charge in [0.1, 0.15) is 6.61 Å². The van der Waals surface area contributed by atoms with Crippen LogP contribution in [0, 0.1) is 10.1 Å². The molecular formula is C21H17ClN2O6S. The number of amides is 2. The largest absolute Gasteiger partial charge is 0.493 e. The van der Waals surface area contributed by atoms with Crippen molar-refractivity contribution in [2.45, 2.75) is 6.61 Å². The van der Waals surface area contributed by atoms with Gasteiger partial charge in [0, 0.05) is 18.7 Å². The molecule has 1 heterocycles. The number of carbonyl (C=O) groups is 2. The van der Waals surface area contributed by atoms with Crippen LogP contribution in [-0.4, -0.2) is 34.6 Å². The van der Waals surface area contributed by atoms with Crippen LogP contribution >= 0.6 is 23.4 Å². The first-order valence-corrected chi connectivity index (χ1v) is 10.1. The first-order valence-electron chi connectivity index (χ1n) is 8.94. The molecule has 0 spiro atoms. The Morgan fingerprint density at radius 2 is 1.97 bits per heavy atom. The van der Waals surface area contributed by atoms with E-state index in [2.05, 4.69) is 6.58 Å². The number of rotatable bonds is 8. The minimum Gasteiger partial charge on any atom is -0.493 e. The number of imide groups is 1. The quantitative estimate of drug-likeness (QED) is 0.235. The van der Waals surface area contributed by atoms with Gasteiger partial charge in [-0.25, -0.2) is 0 Å². The van der Waals surface area contributed by atoms with Crippen molar-refractivity contribution in [1.29, 1.82) is 0 Å². The monoisotopic (exact) mass is 460 g/mol. The molecule has 0 bridgehead atoms. The number of nitro groups is 1. The lowest BCUT2D eigenvalue weighted by molar-refractivity contribution is -0.384. The zero-order valence-electron chi connectivity index (χ0n) is 16.4. The van der Waals surface area contributed by atoms with Gasteiger partial charge in [-0.1, -0.05) is 17.7 Å². The van der Waals surface area contributed by atoms with Crippen LogP contribution in [0.3, 0.4) is 0 Å². The number of thioether (sulfide) groups is 1. The molecule has 3 rings (SSSR count). The van der Waals surface area contributed by atoms with Gasteiger partial charge in [0.15, 0.2) is 11.5 Å². The molecule has 1 aliphatic heterocycles. The summed E-state index contributed by atoms with van der Waals surface area (Å²) in [6.07, 6.45) is 3.04. The fourth-order valence-corrected chi connectivity index (χ4v) is 3.89. The van der Waals surface area contributed by atoms with E-state index in [1.54, 1.807) is 30.3 Å². The average Bonchev–Trinajstić information content (AvgIpc) is 3.00. The molecule has 0 aliphatic carbocycles. The molecule has 2 aromatic rings. The van der Waals surface area contributed by atoms with Gasteiger partial charge in [0.05, 0.1) is 22.0 Å². The van der Waals surface area contributed by atoms with Crippen molar-refractivity contribution in [1.82, 2.24) is 4.90 Å². The number of non-ortho nitro benzene ring substituents is 1. The van der Waals surface area contributed by atoms with Crippen molar-refractivity contribution in [3.8, 4) is 11.5 Å². The predicted molar refractivity (Wildman–Crippen MR) is 118 cm³/mol. The molecule has 1 aliphatic rings. The normalized spacial score (nSPS) is 14.8. The molecule has 160 valence electrons. The number of hydrogen-bond acceptors (Lipinski definition) is 7. The van der Waals surface area contributed by atoms with E-state index in [0.29, 0.717) is 22.6 Å². The summed E-state index contributed by atoms with van der Waals surface area (Å²) >= 11 is 7.21. The molecule has 0 saturated carbocycles. The van der Waals surface area contributed by atoms with E-state index < -0.39 is 10.8 Å². The van der Waals surface area contributed by atoms with Gasteiger partial charge in [-0.05, 0) is 53.2 Å². The van der Waals surface area contributed by atoms with Crippen molar-refractivity contribution < 1.29 is 24.0 Å². The van der Waals surface area contributed by atoms with Crippen molar-refractivity contribution in [3.63, 3.8) is 0 Å². The van der Waals surface area contributed by atoms with Gasteiger partial charge < -0.3 is 9.47 Å². The Balaban J connectivity index is 1.80. The summed E-state index contributed by atoms with van der Waals surface area (Å²) < 4.78 is 11.1. The highest BCUT2D eigenvalue weighted by Gasteiger charge is 2.34. The molecule has 31 heavy (non-hydrogen) atoms. The number of ether oxygens (including phenoxy) is 2. The van der Waals surface area contributed by atoms with Crippen LogP contribution < -0.4 is 9.47 Å². The Labute approximate surface area is 187 Å². The number of methoxy groups -OCH3 is 1. The number of nitrogens with zero attached hydrogens (tertiary/aromatic N) is 2. The van der Waals surface area contributed by atoms with E-state index in [1.165, 1.54) is 25.3 Å². The van der Waals surface area contributed by atoms with Gasteiger partial charge in [0.2, 0.25) is 0 Å². The Bertz CT molecular complexity index is 1080. The highest BCUT2D eigenvalue weighted by molar-refractivity contribution is 8.18. The number of nitro benzene ring substituents is 1. The summed E-state index contributed by atoms with van der Waals surface area (Å²) in [5.41, 5.74) is 1.26. The molecule has 0 unspecified atom stereocenters. The molecule has 0 N–H and O–H groups in total. The summed E-state index contributed by atoms with van der Waals surface area (Å²) in [4.78, 5) is 36.0. The van der Waals surface area contributed by atoms with Crippen LogP contribution in [0.1, 0.15) is 11.1 Å². The standard InChI is InChI=1S/C21H17ClN2O6S/c1-3-8-23-20(25)18(31-21(23)26)11-14-9-16(22)19(17(10-14)29-2)30-12-13-4-6-15(7-5-13)24(27)28/h3-7,9-11H,1,8,12H2,2H3/b18-11-. The molecule has 0 atom stereocenters. The van der Waals surface area contributed by atoms with E-state index in [4.69, 9.17) is 21.1 Å². The predicted octanol–water partition coefficient (Wildman–Crippen LogP) is 5.06. The van der Waals surface area contributed by atoms with Crippen LogP contribution in [-0.2, 0) is 11.4 Å². The summed E-state index contributed by atoms with van der Waals surface area (Å²) in [6.45, 7) is 3.80. The van der Waals surface area contributed by atoms with Gasteiger partial charge in [-0.15, -0.1) is 6.58 Å². The first kappa shape index (κ1) is 22.4. The van der Waals surface area contributed by atoms with Crippen LogP contribution in [0.15, 0.2) is 54.0 Å². The number of halogens is 1. The third-order valence-corrected chi connectivity index (χ3v) is 5.45. The SMILES string of the molecule is C=CCN1C(=O)S/C(=C\c2cc(Cl)c(OCc3ccc([N+](=O)[O-])cc3)c(OC)c2)C1=O. The van der Waals surface area contributed by atoms with E-state index in [9.17, 15) is 19.7 Å². The third kappa shape index (κ3) is 5.07.